The lowest BCUT2D eigenvalue weighted by Gasteiger charge is -2.31. The van der Waals surface area contributed by atoms with Crippen molar-refractivity contribution in [2.45, 2.75) is 61.9 Å². The van der Waals surface area contributed by atoms with Crippen LogP contribution < -0.4 is 5.32 Å². The van der Waals surface area contributed by atoms with Gasteiger partial charge in [0.25, 0.3) is 5.91 Å². The molecule has 1 saturated heterocycles. The summed E-state index contributed by atoms with van der Waals surface area (Å²) in [5.41, 5.74) is 0.525. The van der Waals surface area contributed by atoms with E-state index < -0.39 is 10.0 Å². The standard InChI is InChI=1S/C22H33N3O4S2/c1-24(18-10-4-3-5-11-18)21(26)16-30-20-13-7-6-12-19(20)22(27)23-17-9-8-14-25(15-17)31(2,28)29/h6-7,12-13,17-18H,3-5,8-11,14-16H2,1-2H3,(H,23,27). The van der Waals surface area contributed by atoms with Crippen molar-refractivity contribution < 1.29 is 18.0 Å². The summed E-state index contributed by atoms with van der Waals surface area (Å²) in [5, 5.41) is 2.99. The van der Waals surface area contributed by atoms with Crippen LogP contribution in [0.5, 0.6) is 0 Å². The fourth-order valence-corrected chi connectivity index (χ4v) is 6.20. The van der Waals surface area contributed by atoms with Crippen LogP contribution in [0, 0.1) is 0 Å². The summed E-state index contributed by atoms with van der Waals surface area (Å²) in [4.78, 5) is 28.3. The minimum atomic E-state index is -3.27. The van der Waals surface area contributed by atoms with E-state index in [9.17, 15) is 18.0 Å². The minimum absolute atomic E-state index is 0.0863. The fraction of sp³-hybridized carbons (Fsp3) is 0.636. The summed E-state index contributed by atoms with van der Waals surface area (Å²) < 4.78 is 25.1. The average Bonchev–Trinajstić information content (AvgIpc) is 2.77. The van der Waals surface area contributed by atoms with E-state index in [-0.39, 0.29) is 17.9 Å². The Morgan fingerprint density at radius 3 is 2.55 bits per heavy atom. The molecule has 1 atom stereocenters. The van der Waals surface area contributed by atoms with E-state index in [4.69, 9.17) is 0 Å². The van der Waals surface area contributed by atoms with Crippen molar-refractivity contribution in [3.05, 3.63) is 29.8 Å². The first-order chi connectivity index (χ1) is 14.8. The van der Waals surface area contributed by atoms with Gasteiger partial charge in [0.15, 0.2) is 0 Å². The highest BCUT2D eigenvalue weighted by molar-refractivity contribution is 8.00. The van der Waals surface area contributed by atoms with Crippen molar-refractivity contribution in [2.75, 3.05) is 32.1 Å². The van der Waals surface area contributed by atoms with E-state index in [2.05, 4.69) is 5.32 Å². The number of sulfonamides is 1. The lowest BCUT2D eigenvalue weighted by molar-refractivity contribution is -0.129. The van der Waals surface area contributed by atoms with Gasteiger partial charge in [0.1, 0.15) is 0 Å². The number of hydrogen-bond donors (Lipinski definition) is 1. The van der Waals surface area contributed by atoms with Gasteiger partial charge in [-0.2, -0.15) is 0 Å². The summed E-state index contributed by atoms with van der Waals surface area (Å²) in [5.74, 6) is 0.155. The number of nitrogens with one attached hydrogen (secondary N) is 1. The molecular weight excluding hydrogens is 434 g/mol. The highest BCUT2D eigenvalue weighted by Gasteiger charge is 2.28. The number of nitrogens with zero attached hydrogens (tertiary/aromatic N) is 2. The molecule has 0 spiro atoms. The van der Waals surface area contributed by atoms with Crippen molar-refractivity contribution in [1.82, 2.24) is 14.5 Å². The van der Waals surface area contributed by atoms with Gasteiger partial charge < -0.3 is 10.2 Å². The van der Waals surface area contributed by atoms with Crippen molar-refractivity contribution in [2.24, 2.45) is 0 Å². The van der Waals surface area contributed by atoms with Gasteiger partial charge in [-0.05, 0) is 37.8 Å². The molecule has 9 heteroatoms. The zero-order chi connectivity index (χ0) is 22.4. The molecule has 0 bridgehead atoms. The highest BCUT2D eigenvalue weighted by atomic mass is 32.2. The number of piperidine rings is 1. The molecule has 1 aliphatic carbocycles. The molecule has 7 nitrogen and oxygen atoms in total. The van der Waals surface area contributed by atoms with Gasteiger partial charge >= 0.3 is 0 Å². The van der Waals surface area contributed by atoms with Crippen LogP contribution in [0.2, 0.25) is 0 Å². The lowest BCUT2D eigenvalue weighted by atomic mass is 9.94. The molecule has 1 saturated carbocycles. The molecule has 0 radical (unpaired) electrons. The van der Waals surface area contributed by atoms with Crippen LogP contribution in [-0.4, -0.2) is 73.7 Å². The maximum Gasteiger partial charge on any atom is 0.252 e. The molecule has 2 aliphatic rings. The van der Waals surface area contributed by atoms with Gasteiger partial charge in [-0.25, -0.2) is 12.7 Å². The predicted octanol–water partition coefficient (Wildman–Crippen LogP) is 2.72. The second-order valence-corrected chi connectivity index (χ2v) is 11.5. The first-order valence-electron chi connectivity index (χ1n) is 11.0. The quantitative estimate of drug-likeness (QED) is 0.623. The molecule has 1 aliphatic heterocycles. The molecule has 1 aromatic rings. The second kappa shape index (κ2) is 10.8. The Labute approximate surface area is 190 Å². The van der Waals surface area contributed by atoms with Crippen molar-refractivity contribution >= 4 is 33.6 Å². The van der Waals surface area contributed by atoms with Crippen LogP contribution in [0.25, 0.3) is 0 Å². The molecule has 3 rings (SSSR count). The molecule has 2 fully saturated rings. The zero-order valence-corrected chi connectivity index (χ0v) is 20.0. The Kier molecular flexibility index (Phi) is 8.41. The van der Waals surface area contributed by atoms with Crippen LogP contribution in [0.4, 0.5) is 0 Å². The minimum Gasteiger partial charge on any atom is -0.348 e. The molecule has 31 heavy (non-hydrogen) atoms. The Morgan fingerprint density at radius 2 is 1.84 bits per heavy atom. The summed E-state index contributed by atoms with van der Waals surface area (Å²) >= 11 is 1.38. The van der Waals surface area contributed by atoms with Crippen molar-refractivity contribution in [1.29, 1.82) is 0 Å². The van der Waals surface area contributed by atoms with Crippen LogP contribution in [-0.2, 0) is 14.8 Å². The SMILES string of the molecule is CN(C(=O)CSc1ccccc1C(=O)NC1CCCN(S(C)(=O)=O)C1)C1CCCCC1. The number of amides is 2. The smallest absolute Gasteiger partial charge is 0.252 e. The van der Waals surface area contributed by atoms with E-state index in [0.717, 1.165) is 30.6 Å². The number of carbonyl (C=O) groups excluding carboxylic acids is 2. The van der Waals surface area contributed by atoms with Crippen LogP contribution in [0.3, 0.4) is 0 Å². The van der Waals surface area contributed by atoms with Gasteiger partial charge in [-0.15, -0.1) is 11.8 Å². The first-order valence-corrected chi connectivity index (χ1v) is 13.8. The third-order valence-corrected chi connectivity index (χ3v) is 8.51. The fourth-order valence-electron chi connectivity index (χ4n) is 4.32. The summed E-state index contributed by atoms with van der Waals surface area (Å²) in [6.07, 6.45) is 8.40. The Hall–Kier alpha value is -1.58. The van der Waals surface area contributed by atoms with Gasteiger partial charge in [-0.3, -0.25) is 9.59 Å². The Balaban J connectivity index is 1.59. The van der Waals surface area contributed by atoms with E-state index in [1.54, 1.807) is 12.1 Å². The van der Waals surface area contributed by atoms with Crippen LogP contribution >= 0.6 is 11.8 Å². The average molecular weight is 468 g/mol. The number of rotatable bonds is 7. The summed E-state index contributed by atoms with van der Waals surface area (Å²) in [7, 11) is -1.38. The van der Waals surface area contributed by atoms with Gasteiger partial charge in [0, 0.05) is 37.1 Å². The van der Waals surface area contributed by atoms with E-state index in [1.165, 1.54) is 41.6 Å². The van der Waals surface area contributed by atoms with E-state index >= 15 is 0 Å². The maximum absolute atomic E-state index is 12.9. The maximum atomic E-state index is 12.9. The summed E-state index contributed by atoms with van der Waals surface area (Å²) in [6, 6.07) is 7.39. The number of carbonyl (C=O) groups is 2. The number of hydrogen-bond acceptors (Lipinski definition) is 5. The molecule has 1 aromatic carbocycles. The largest absolute Gasteiger partial charge is 0.348 e. The zero-order valence-electron chi connectivity index (χ0n) is 18.4. The normalized spacial score (nSPS) is 20.9. The summed E-state index contributed by atoms with van der Waals surface area (Å²) in [6.45, 7) is 0.790. The third kappa shape index (κ3) is 6.70. The third-order valence-electron chi connectivity index (χ3n) is 6.19. The number of thioether (sulfide) groups is 1. The van der Waals surface area contributed by atoms with Gasteiger partial charge in [0.05, 0.1) is 17.6 Å². The van der Waals surface area contributed by atoms with Gasteiger partial charge in [-0.1, -0.05) is 31.4 Å². The highest BCUT2D eigenvalue weighted by Crippen LogP contribution is 2.26. The Morgan fingerprint density at radius 1 is 1.13 bits per heavy atom. The Bertz CT molecular complexity index is 884. The topological polar surface area (TPSA) is 86.8 Å². The van der Waals surface area contributed by atoms with Gasteiger partial charge in [0.2, 0.25) is 15.9 Å². The molecule has 1 unspecified atom stereocenters. The molecule has 0 aromatic heterocycles. The monoisotopic (exact) mass is 467 g/mol. The lowest BCUT2D eigenvalue weighted by Crippen LogP contribution is -2.49. The molecule has 1 heterocycles. The van der Waals surface area contributed by atoms with Crippen LogP contribution in [0.15, 0.2) is 29.2 Å². The first kappa shape index (κ1) is 24.1. The molecular formula is C22H33N3O4S2. The molecule has 2 amide bonds. The second-order valence-electron chi connectivity index (χ2n) is 8.51. The van der Waals surface area contributed by atoms with E-state index in [1.807, 2.05) is 24.1 Å². The van der Waals surface area contributed by atoms with Crippen molar-refractivity contribution in [3.8, 4) is 0 Å². The molecule has 1 N–H and O–H groups in total. The van der Waals surface area contributed by atoms with Crippen LogP contribution in [0.1, 0.15) is 55.3 Å². The molecule has 172 valence electrons. The number of benzene rings is 1. The van der Waals surface area contributed by atoms with E-state index in [0.29, 0.717) is 30.4 Å². The predicted molar refractivity (Wildman–Crippen MR) is 124 cm³/mol. The van der Waals surface area contributed by atoms with Crippen molar-refractivity contribution in [3.63, 3.8) is 0 Å².